The van der Waals surface area contributed by atoms with E-state index in [1.807, 2.05) is 31.2 Å². The van der Waals surface area contributed by atoms with Crippen LogP contribution in [-0.4, -0.2) is 22.2 Å². The van der Waals surface area contributed by atoms with Crippen molar-refractivity contribution in [3.8, 4) is 11.5 Å². The second kappa shape index (κ2) is 8.82. The molecule has 0 saturated carbocycles. The molecule has 5 heteroatoms. The van der Waals surface area contributed by atoms with Crippen molar-refractivity contribution in [2.75, 3.05) is 6.54 Å². The molecule has 4 aromatic rings. The second-order valence-electron chi connectivity index (χ2n) is 7.37. The van der Waals surface area contributed by atoms with Crippen LogP contribution in [-0.2, 0) is 7.05 Å². The molecule has 2 aromatic heterocycles. The molecular formula is C25H25N3O2. The number of carbonyl (C=O) groups is 1. The topological polar surface area (TPSA) is 60.1 Å². The SMILES string of the molecule is Cc1ccc(-c2cc(C(=O)NCCC(c3ccccc3)c3ccccc3)n(C)n2)o1. The molecule has 1 N–H and O–H groups in total. The molecule has 5 nitrogen and oxygen atoms in total. The van der Waals surface area contributed by atoms with E-state index < -0.39 is 0 Å². The fraction of sp³-hybridized carbons (Fsp3) is 0.200. The van der Waals surface area contributed by atoms with Gasteiger partial charge in [0.05, 0.1) is 0 Å². The van der Waals surface area contributed by atoms with E-state index in [-0.39, 0.29) is 11.8 Å². The predicted molar refractivity (Wildman–Crippen MR) is 117 cm³/mol. The predicted octanol–water partition coefficient (Wildman–Crippen LogP) is 4.94. The third kappa shape index (κ3) is 4.35. The average Bonchev–Trinajstić information content (AvgIpc) is 3.38. The second-order valence-corrected chi connectivity index (χ2v) is 7.37. The lowest BCUT2D eigenvalue weighted by Crippen LogP contribution is -2.27. The zero-order valence-electron chi connectivity index (χ0n) is 17.2. The maximum absolute atomic E-state index is 12.8. The summed E-state index contributed by atoms with van der Waals surface area (Å²) >= 11 is 0. The van der Waals surface area contributed by atoms with Crippen molar-refractivity contribution in [3.05, 3.63) is 101 Å². The van der Waals surface area contributed by atoms with Crippen molar-refractivity contribution in [1.29, 1.82) is 0 Å². The molecule has 0 atom stereocenters. The number of nitrogens with one attached hydrogen (secondary N) is 1. The molecule has 0 radical (unpaired) electrons. The van der Waals surface area contributed by atoms with Crippen LogP contribution in [0.2, 0.25) is 0 Å². The molecule has 0 aliphatic heterocycles. The summed E-state index contributed by atoms with van der Waals surface area (Å²) in [6.45, 7) is 2.45. The normalized spacial score (nSPS) is 11.0. The van der Waals surface area contributed by atoms with E-state index in [1.54, 1.807) is 17.8 Å². The van der Waals surface area contributed by atoms with Gasteiger partial charge in [-0.15, -0.1) is 0 Å². The number of hydrogen-bond donors (Lipinski definition) is 1. The molecule has 4 rings (SSSR count). The van der Waals surface area contributed by atoms with Crippen molar-refractivity contribution in [2.45, 2.75) is 19.3 Å². The Morgan fingerprint density at radius 3 is 2.20 bits per heavy atom. The first-order valence-corrected chi connectivity index (χ1v) is 10.1. The number of carbonyl (C=O) groups excluding carboxylic acids is 1. The van der Waals surface area contributed by atoms with Gasteiger partial charge in [0.1, 0.15) is 17.1 Å². The van der Waals surface area contributed by atoms with Crippen LogP contribution in [0.25, 0.3) is 11.5 Å². The van der Waals surface area contributed by atoms with E-state index in [2.05, 4.69) is 58.9 Å². The molecule has 30 heavy (non-hydrogen) atoms. The number of hydrogen-bond acceptors (Lipinski definition) is 3. The van der Waals surface area contributed by atoms with Gasteiger partial charge >= 0.3 is 0 Å². The van der Waals surface area contributed by atoms with Gasteiger partial charge in [0, 0.05) is 25.6 Å². The van der Waals surface area contributed by atoms with E-state index in [1.165, 1.54) is 11.1 Å². The lowest BCUT2D eigenvalue weighted by Gasteiger charge is -2.18. The van der Waals surface area contributed by atoms with Gasteiger partial charge in [-0.05, 0) is 36.6 Å². The Kier molecular flexibility index (Phi) is 5.80. The Balaban J connectivity index is 1.45. The van der Waals surface area contributed by atoms with E-state index in [4.69, 9.17) is 4.42 Å². The summed E-state index contributed by atoms with van der Waals surface area (Å²) in [7, 11) is 1.77. The standard InChI is InChI=1S/C25H25N3O2/c1-18-13-14-24(30-18)22-17-23(28(2)27-22)25(29)26-16-15-21(19-9-5-3-6-10-19)20-11-7-4-8-12-20/h3-14,17,21H,15-16H2,1-2H3,(H,26,29). The summed E-state index contributed by atoms with van der Waals surface area (Å²) in [5, 5.41) is 7.47. The molecule has 0 unspecified atom stereocenters. The van der Waals surface area contributed by atoms with E-state index in [9.17, 15) is 4.79 Å². The van der Waals surface area contributed by atoms with Crippen LogP contribution in [0, 0.1) is 6.92 Å². The molecular weight excluding hydrogens is 374 g/mol. The summed E-state index contributed by atoms with van der Waals surface area (Å²) in [4.78, 5) is 12.8. The molecule has 2 aromatic carbocycles. The van der Waals surface area contributed by atoms with Crippen molar-refractivity contribution >= 4 is 5.91 Å². The number of aryl methyl sites for hydroxylation is 2. The fourth-order valence-corrected chi connectivity index (χ4v) is 3.69. The molecule has 0 fully saturated rings. The van der Waals surface area contributed by atoms with Crippen LogP contribution >= 0.6 is 0 Å². The highest BCUT2D eigenvalue weighted by Gasteiger charge is 2.18. The van der Waals surface area contributed by atoms with Crippen molar-refractivity contribution in [1.82, 2.24) is 15.1 Å². The van der Waals surface area contributed by atoms with Crippen LogP contribution < -0.4 is 5.32 Å². The highest BCUT2D eigenvalue weighted by atomic mass is 16.3. The zero-order chi connectivity index (χ0) is 20.9. The van der Waals surface area contributed by atoms with Gasteiger partial charge in [0.2, 0.25) is 0 Å². The maximum Gasteiger partial charge on any atom is 0.269 e. The van der Waals surface area contributed by atoms with Gasteiger partial charge in [-0.25, -0.2) is 0 Å². The van der Waals surface area contributed by atoms with Gasteiger partial charge < -0.3 is 9.73 Å². The Morgan fingerprint density at radius 1 is 1.00 bits per heavy atom. The summed E-state index contributed by atoms with van der Waals surface area (Å²) in [6, 6.07) is 26.3. The number of aromatic nitrogens is 2. The number of nitrogens with zero attached hydrogens (tertiary/aromatic N) is 2. The van der Waals surface area contributed by atoms with Crippen molar-refractivity contribution < 1.29 is 9.21 Å². The van der Waals surface area contributed by atoms with Gasteiger partial charge in [-0.3, -0.25) is 9.48 Å². The Bertz CT molecular complexity index is 1070. The Morgan fingerprint density at radius 2 is 1.63 bits per heavy atom. The van der Waals surface area contributed by atoms with Crippen LogP contribution in [0.5, 0.6) is 0 Å². The maximum atomic E-state index is 12.8. The Hall–Kier alpha value is -3.60. The molecule has 152 valence electrons. The van der Waals surface area contributed by atoms with Crippen LogP contribution in [0.1, 0.15) is 39.7 Å². The summed E-state index contributed by atoms with van der Waals surface area (Å²) in [6.07, 6.45) is 0.807. The monoisotopic (exact) mass is 399 g/mol. The average molecular weight is 399 g/mol. The largest absolute Gasteiger partial charge is 0.460 e. The van der Waals surface area contributed by atoms with Gasteiger partial charge in [-0.2, -0.15) is 5.10 Å². The minimum absolute atomic E-state index is 0.139. The van der Waals surface area contributed by atoms with E-state index in [0.717, 1.165) is 12.2 Å². The summed E-state index contributed by atoms with van der Waals surface area (Å²) in [5.41, 5.74) is 3.65. The summed E-state index contributed by atoms with van der Waals surface area (Å²) < 4.78 is 7.21. The van der Waals surface area contributed by atoms with Crippen LogP contribution in [0.3, 0.4) is 0 Å². The van der Waals surface area contributed by atoms with Gasteiger partial charge in [0.25, 0.3) is 5.91 Å². The summed E-state index contributed by atoms with van der Waals surface area (Å²) in [5.74, 6) is 1.56. The molecule has 0 spiro atoms. The number of benzene rings is 2. The van der Waals surface area contributed by atoms with Crippen molar-refractivity contribution in [2.24, 2.45) is 7.05 Å². The molecule has 0 aliphatic rings. The first-order valence-electron chi connectivity index (χ1n) is 10.1. The lowest BCUT2D eigenvalue weighted by molar-refractivity contribution is 0.0943. The quantitative estimate of drug-likeness (QED) is 0.479. The third-order valence-corrected chi connectivity index (χ3v) is 5.23. The van der Waals surface area contributed by atoms with Gasteiger partial charge in [-0.1, -0.05) is 60.7 Å². The highest BCUT2D eigenvalue weighted by molar-refractivity contribution is 5.93. The van der Waals surface area contributed by atoms with E-state index in [0.29, 0.717) is 23.7 Å². The molecule has 2 heterocycles. The number of rotatable bonds is 7. The van der Waals surface area contributed by atoms with Gasteiger partial charge in [0.15, 0.2) is 5.76 Å². The minimum Gasteiger partial charge on any atom is -0.460 e. The van der Waals surface area contributed by atoms with Crippen LogP contribution in [0.4, 0.5) is 0 Å². The number of amides is 1. The smallest absolute Gasteiger partial charge is 0.269 e. The number of furan rings is 1. The lowest BCUT2D eigenvalue weighted by atomic mass is 9.88. The minimum atomic E-state index is -0.139. The fourth-order valence-electron chi connectivity index (χ4n) is 3.69. The zero-order valence-corrected chi connectivity index (χ0v) is 17.2. The molecule has 0 saturated heterocycles. The van der Waals surface area contributed by atoms with E-state index >= 15 is 0 Å². The molecule has 0 bridgehead atoms. The Labute approximate surface area is 176 Å². The van der Waals surface area contributed by atoms with Crippen LogP contribution in [0.15, 0.2) is 83.3 Å². The molecule has 0 aliphatic carbocycles. The van der Waals surface area contributed by atoms with Crippen molar-refractivity contribution in [3.63, 3.8) is 0 Å². The first kappa shape index (κ1) is 19.7. The third-order valence-electron chi connectivity index (χ3n) is 5.23. The first-order chi connectivity index (χ1) is 14.6. The highest BCUT2D eigenvalue weighted by Crippen LogP contribution is 2.27. The molecule has 1 amide bonds.